The molecule has 0 radical (unpaired) electrons. The van der Waals surface area contributed by atoms with Crippen LogP contribution in [0.3, 0.4) is 0 Å². The average molecular weight is 382 g/mol. The smallest absolute Gasteiger partial charge is 0.244 e. The van der Waals surface area contributed by atoms with E-state index >= 15 is 0 Å². The lowest BCUT2D eigenvalue weighted by atomic mass is 10.1. The van der Waals surface area contributed by atoms with Crippen molar-refractivity contribution in [1.29, 1.82) is 0 Å². The van der Waals surface area contributed by atoms with Crippen LogP contribution in [-0.4, -0.2) is 26.5 Å². The number of hydrogen-bond acceptors (Lipinski definition) is 3. The SMILES string of the molecule is O=C(/C=C/c1ccnc2ccccc12)NC(Cc1ccccc1)Cn1ccnc1. The quantitative estimate of drug-likeness (QED) is 0.494. The minimum absolute atomic E-state index is 0.0436. The van der Waals surface area contributed by atoms with E-state index in [2.05, 4.69) is 27.4 Å². The fraction of sp³-hybridized carbons (Fsp3) is 0.125. The minimum Gasteiger partial charge on any atom is -0.348 e. The molecular weight excluding hydrogens is 360 g/mol. The normalized spacial score (nSPS) is 12.3. The molecule has 0 aliphatic rings. The van der Waals surface area contributed by atoms with Crippen LogP contribution in [0.1, 0.15) is 11.1 Å². The second kappa shape index (κ2) is 8.97. The van der Waals surface area contributed by atoms with E-state index in [0.29, 0.717) is 6.54 Å². The topological polar surface area (TPSA) is 59.8 Å². The van der Waals surface area contributed by atoms with Gasteiger partial charge in [-0.1, -0.05) is 48.5 Å². The van der Waals surface area contributed by atoms with Gasteiger partial charge in [-0.15, -0.1) is 0 Å². The van der Waals surface area contributed by atoms with E-state index in [1.165, 1.54) is 5.56 Å². The zero-order valence-electron chi connectivity index (χ0n) is 16.0. The predicted octanol–water partition coefficient (Wildman–Crippen LogP) is 3.87. The zero-order valence-corrected chi connectivity index (χ0v) is 16.0. The van der Waals surface area contributed by atoms with Crippen molar-refractivity contribution in [1.82, 2.24) is 19.9 Å². The number of carbonyl (C=O) groups excluding carboxylic acids is 1. The molecular formula is C24H22N4O. The summed E-state index contributed by atoms with van der Waals surface area (Å²) in [6.07, 6.45) is 11.4. The third kappa shape index (κ3) is 4.96. The Hall–Kier alpha value is -3.73. The number of nitrogens with zero attached hydrogens (tertiary/aromatic N) is 3. The third-order valence-electron chi connectivity index (χ3n) is 4.76. The van der Waals surface area contributed by atoms with Gasteiger partial charge in [-0.25, -0.2) is 4.98 Å². The summed E-state index contributed by atoms with van der Waals surface area (Å²) in [4.78, 5) is 21.1. The van der Waals surface area contributed by atoms with E-state index in [4.69, 9.17) is 0 Å². The molecule has 0 saturated heterocycles. The number of benzene rings is 2. The zero-order chi connectivity index (χ0) is 19.9. The van der Waals surface area contributed by atoms with Crippen molar-refractivity contribution in [3.8, 4) is 0 Å². The molecule has 5 nitrogen and oxygen atoms in total. The maximum Gasteiger partial charge on any atom is 0.244 e. The molecule has 0 saturated carbocycles. The molecule has 0 spiro atoms. The summed E-state index contributed by atoms with van der Waals surface area (Å²) >= 11 is 0. The maximum atomic E-state index is 12.6. The molecule has 2 aromatic heterocycles. The van der Waals surface area contributed by atoms with Crippen LogP contribution in [0.15, 0.2) is 91.7 Å². The number of imidazole rings is 1. The number of hydrogen-bond donors (Lipinski definition) is 1. The Labute approximate surface area is 169 Å². The van der Waals surface area contributed by atoms with E-state index in [9.17, 15) is 4.79 Å². The van der Waals surface area contributed by atoms with Gasteiger partial charge in [-0.3, -0.25) is 9.78 Å². The molecule has 1 N–H and O–H groups in total. The Kier molecular flexibility index (Phi) is 5.76. The molecule has 0 aliphatic heterocycles. The second-order valence-electron chi connectivity index (χ2n) is 6.91. The van der Waals surface area contributed by atoms with E-state index in [-0.39, 0.29) is 11.9 Å². The maximum absolute atomic E-state index is 12.6. The van der Waals surface area contributed by atoms with Crippen LogP contribution < -0.4 is 5.32 Å². The monoisotopic (exact) mass is 382 g/mol. The molecule has 4 rings (SSSR count). The Morgan fingerprint density at radius 3 is 2.69 bits per heavy atom. The Morgan fingerprint density at radius 2 is 1.86 bits per heavy atom. The fourth-order valence-electron chi connectivity index (χ4n) is 3.39. The third-order valence-corrected chi connectivity index (χ3v) is 4.76. The number of rotatable bonds is 7. The number of amides is 1. The van der Waals surface area contributed by atoms with Crippen LogP contribution in [0.2, 0.25) is 0 Å². The summed E-state index contributed by atoms with van der Waals surface area (Å²) in [6.45, 7) is 0.659. The van der Waals surface area contributed by atoms with Crippen molar-refractivity contribution in [2.24, 2.45) is 0 Å². The molecule has 2 heterocycles. The van der Waals surface area contributed by atoms with Gasteiger partial charge in [-0.05, 0) is 35.8 Å². The number of aromatic nitrogens is 3. The summed E-state index contributed by atoms with van der Waals surface area (Å²) in [5, 5.41) is 4.16. The van der Waals surface area contributed by atoms with Gasteiger partial charge in [-0.2, -0.15) is 0 Å². The number of pyridine rings is 1. The predicted molar refractivity (Wildman–Crippen MR) is 115 cm³/mol. The number of nitrogens with one attached hydrogen (secondary N) is 1. The van der Waals surface area contributed by atoms with Gasteiger partial charge in [0.25, 0.3) is 0 Å². The van der Waals surface area contributed by atoms with E-state index < -0.39 is 0 Å². The van der Waals surface area contributed by atoms with Gasteiger partial charge in [0, 0.05) is 36.6 Å². The summed E-state index contributed by atoms with van der Waals surface area (Å²) in [5.41, 5.74) is 3.07. The number of carbonyl (C=O) groups is 1. The molecule has 2 aromatic carbocycles. The van der Waals surface area contributed by atoms with E-state index in [1.807, 2.05) is 65.4 Å². The summed E-state index contributed by atoms with van der Waals surface area (Å²) in [6, 6.07) is 20.0. The molecule has 1 amide bonds. The molecule has 29 heavy (non-hydrogen) atoms. The Morgan fingerprint density at radius 1 is 1.03 bits per heavy atom. The highest BCUT2D eigenvalue weighted by atomic mass is 16.1. The van der Waals surface area contributed by atoms with E-state index in [1.54, 1.807) is 24.8 Å². The highest BCUT2D eigenvalue weighted by Crippen LogP contribution is 2.17. The van der Waals surface area contributed by atoms with Crippen LogP contribution in [0.25, 0.3) is 17.0 Å². The van der Waals surface area contributed by atoms with Crippen LogP contribution in [0.4, 0.5) is 0 Å². The first-order valence-corrected chi connectivity index (χ1v) is 9.60. The molecule has 0 bridgehead atoms. The van der Waals surface area contributed by atoms with Crippen molar-refractivity contribution in [3.05, 3.63) is 103 Å². The summed E-state index contributed by atoms with van der Waals surface area (Å²) in [7, 11) is 0. The van der Waals surface area contributed by atoms with Gasteiger partial charge in [0.1, 0.15) is 0 Å². The minimum atomic E-state index is -0.119. The molecule has 144 valence electrons. The van der Waals surface area contributed by atoms with Gasteiger partial charge in [0.15, 0.2) is 0 Å². The number of para-hydroxylation sites is 1. The first kappa shape index (κ1) is 18.6. The van der Waals surface area contributed by atoms with Crippen LogP contribution >= 0.6 is 0 Å². The lowest BCUT2D eigenvalue weighted by Crippen LogP contribution is -2.38. The Balaban J connectivity index is 1.48. The summed E-state index contributed by atoms with van der Waals surface area (Å²) in [5.74, 6) is -0.119. The molecule has 0 fully saturated rings. The second-order valence-corrected chi connectivity index (χ2v) is 6.91. The van der Waals surface area contributed by atoms with Gasteiger partial charge >= 0.3 is 0 Å². The van der Waals surface area contributed by atoms with Crippen molar-refractivity contribution >= 4 is 22.9 Å². The Bertz CT molecular complexity index is 1100. The highest BCUT2D eigenvalue weighted by molar-refractivity contribution is 5.95. The van der Waals surface area contributed by atoms with E-state index in [0.717, 1.165) is 22.9 Å². The lowest BCUT2D eigenvalue weighted by Gasteiger charge is -2.18. The molecule has 5 heteroatoms. The van der Waals surface area contributed by atoms with Crippen molar-refractivity contribution in [2.45, 2.75) is 19.0 Å². The molecule has 0 aliphatic carbocycles. The highest BCUT2D eigenvalue weighted by Gasteiger charge is 2.12. The standard InChI is InChI=1S/C24H22N4O/c29-24(11-10-20-12-13-26-23-9-5-4-8-22(20)23)27-21(17-28-15-14-25-18-28)16-19-6-2-1-3-7-19/h1-15,18,21H,16-17H2,(H,27,29)/b11-10+. The van der Waals surface area contributed by atoms with Crippen molar-refractivity contribution in [2.75, 3.05) is 0 Å². The fourth-order valence-corrected chi connectivity index (χ4v) is 3.39. The lowest BCUT2D eigenvalue weighted by molar-refractivity contribution is -0.117. The van der Waals surface area contributed by atoms with Crippen LogP contribution in [0, 0.1) is 0 Å². The molecule has 1 unspecified atom stereocenters. The van der Waals surface area contributed by atoms with Crippen molar-refractivity contribution in [3.63, 3.8) is 0 Å². The van der Waals surface area contributed by atoms with Crippen LogP contribution in [0.5, 0.6) is 0 Å². The largest absolute Gasteiger partial charge is 0.348 e. The first-order chi connectivity index (χ1) is 14.3. The molecule has 4 aromatic rings. The first-order valence-electron chi connectivity index (χ1n) is 9.60. The van der Waals surface area contributed by atoms with Gasteiger partial charge in [0.2, 0.25) is 5.91 Å². The average Bonchev–Trinajstić information content (AvgIpc) is 3.26. The van der Waals surface area contributed by atoms with Gasteiger partial charge < -0.3 is 9.88 Å². The van der Waals surface area contributed by atoms with Crippen LogP contribution in [-0.2, 0) is 17.8 Å². The van der Waals surface area contributed by atoms with Crippen molar-refractivity contribution < 1.29 is 4.79 Å². The van der Waals surface area contributed by atoms with Gasteiger partial charge in [0.05, 0.1) is 17.9 Å². The number of fused-ring (bicyclic) bond motifs is 1. The molecule has 1 atom stereocenters. The summed E-state index contributed by atoms with van der Waals surface area (Å²) < 4.78 is 1.98.